The van der Waals surface area contributed by atoms with Crippen molar-refractivity contribution in [3.05, 3.63) is 57.9 Å². The highest BCUT2D eigenvalue weighted by Gasteiger charge is 2.41. The summed E-state index contributed by atoms with van der Waals surface area (Å²) in [6.07, 6.45) is 2.93. The van der Waals surface area contributed by atoms with Crippen LogP contribution in [0.2, 0.25) is 0 Å². The predicted molar refractivity (Wildman–Crippen MR) is 156 cm³/mol. The van der Waals surface area contributed by atoms with Crippen LogP contribution >= 0.6 is 24.8 Å². The summed E-state index contributed by atoms with van der Waals surface area (Å²) >= 11 is 0. The SMILES string of the molecule is CN1C(CCN2CCCCC2)=C(C(=O)O)C(c2ccc(C(F)(F)F)cc2)C(C(=O)O)=C1CCN1CCCCC1.Cl.Cl. The molecule has 0 spiro atoms. The van der Waals surface area contributed by atoms with E-state index in [-0.39, 0.29) is 41.5 Å². The van der Waals surface area contributed by atoms with E-state index in [4.69, 9.17) is 0 Å². The summed E-state index contributed by atoms with van der Waals surface area (Å²) in [5.74, 6) is -3.69. The van der Waals surface area contributed by atoms with Gasteiger partial charge in [0.2, 0.25) is 0 Å². The van der Waals surface area contributed by atoms with Crippen LogP contribution in [0.4, 0.5) is 13.2 Å². The standard InChI is InChI=1S/C29H38F3N3O4.2ClH/c1-33-22(12-18-34-14-4-2-5-15-34)25(27(36)37)24(20-8-10-21(11-9-20)29(30,31)32)26(28(38)39)23(33)13-19-35-16-6-3-7-17-35;;/h8-11,24H,2-7,12-19H2,1H3,(H,36,37)(H,38,39);2*1H. The number of nitrogens with zero attached hydrogens (tertiary/aromatic N) is 3. The smallest absolute Gasteiger partial charge is 0.416 e. The molecule has 2 saturated heterocycles. The molecule has 2 N–H and O–H groups in total. The van der Waals surface area contributed by atoms with E-state index >= 15 is 0 Å². The molecule has 0 amide bonds. The van der Waals surface area contributed by atoms with Gasteiger partial charge in [-0.25, -0.2) is 9.59 Å². The average Bonchev–Trinajstić information content (AvgIpc) is 2.91. The molecule has 0 unspecified atom stereocenters. The number of carboxylic acid groups (broad SMARTS) is 2. The van der Waals surface area contributed by atoms with E-state index in [0.29, 0.717) is 37.3 Å². The lowest BCUT2D eigenvalue weighted by Crippen LogP contribution is -2.38. The Hall–Kier alpha value is -2.27. The van der Waals surface area contributed by atoms with Crippen LogP contribution in [0.1, 0.15) is 68.4 Å². The number of likely N-dealkylation sites (tertiary alicyclic amines) is 2. The zero-order valence-corrected chi connectivity index (χ0v) is 24.9. The molecule has 0 aromatic heterocycles. The summed E-state index contributed by atoms with van der Waals surface area (Å²) in [6, 6.07) is 4.23. The summed E-state index contributed by atoms with van der Waals surface area (Å²) in [6.45, 7) is 5.00. The number of carboxylic acids is 2. The first-order chi connectivity index (χ1) is 18.6. The van der Waals surface area contributed by atoms with Crippen molar-refractivity contribution in [1.29, 1.82) is 0 Å². The monoisotopic (exact) mass is 621 g/mol. The van der Waals surface area contributed by atoms with Crippen LogP contribution in [0, 0.1) is 0 Å². The van der Waals surface area contributed by atoms with Gasteiger partial charge < -0.3 is 24.9 Å². The van der Waals surface area contributed by atoms with Crippen LogP contribution in [-0.4, -0.2) is 83.2 Å². The van der Waals surface area contributed by atoms with Crippen molar-refractivity contribution in [2.45, 2.75) is 63.5 Å². The Morgan fingerprint density at radius 2 is 1.15 bits per heavy atom. The van der Waals surface area contributed by atoms with E-state index < -0.39 is 29.6 Å². The number of rotatable bonds is 9. The summed E-state index contributed by atoms with van der Waals surface area (Å²) in [5.41, 5.74) is 0.267. The summed E-state index contributed by atoms with van der Waals surface area (Å²) in [7, 11) is 1.73. The minimum Gasteiger partial charge on any atom is -0.478 e. The summed E-state index contributed by atoms with van der Waals surface area (Å²) < 4.78 is 39.8. The van der Waals surface area contributed by atoms with Crippen molar-refractivity contribution < 1.29 is 33.0 Å². The normalized spacial score (nSPS) is 19.6. The van der Waals surface area contributed by atoms with Crippen molar-refractivity contribution in [1.82, 2.24) is 14.7 Å². The van der Waals surface area contributed by atoms with Gasteiger partial charge >= 0.3 is 18.1 Å². The van der Waals surface area contributed by atoms with Crippen molar-refractivity contribution in [3.8, 4) is 0 Å². The second kappa shape index (κ2) is 15.3. The molecule has 41 heavy (non-hydrogen) atoms. The summed E-state index contributed by atoms with van der Waals surface area (Å²) in [4.78, 5) is 31.8. The van der Waals surface area contributed by atoms with Crippen LogP contribution in [-0.2, 0) is 15.8 Å². The van der Waals surface area contributed by atoms with Gasteiger partial charge in [-0.3, -0.25) is 0 Å². The maximum Gasteiger partial charge on any atom is 0.416 e. The molecular weight excluding hydrogens is 582 g/mol. The van der Waals surface area contributed by atoms with E-state index in [2.05, 4.69) is 9.80 Å². The molecular formula is C29H40Cl2F3N3O4. The van der Waals surface area contributed by atoms with Gasteiger partial charge in [0.05, 0.1) is 22.6 Å². The van der Waals surface area contributed by atoms with Crippen LogP contribution in [0.5, 0.6) is 0 Å². The number of carbonyl (C=O) groups is 2. The van der Waals surface area contributed by atoms with Crippen molar-refractivity contribution in [2.75, 3.05) is 46.3 Å². The molecule has 12 heteroatoms. The molecule has 4 rings (SSSR count). The van der Waals surface area contributed by atoms with Gasteiger partial charge in [0, 0.05) is 44.4 Å². The molecule has 1 aromatic carbocycles. The number of benzene rings is 1. The number of piperidine rings is 2. The van der Waals surface area contributed by atoms with E-state index in [1.54, 1.807) is 11.9 Å². The lowest BCUT2D eigenvalue weighted by atomic mass is 9.78. The summed E-state index contributed by atoms with van der Waals surface area (Å²) in [5, 5.41) is 20.8. The van der Waals surface area contributed by atoms with Gasteiger partial charge in [-0.2, -0.15) is 13.2 Å². The maximum absolute atomic E-state index is 13.3. The molecule has 230 valence electrons. The largest absolute Gasteiger partial charge is 0.478 e. The first kappa shape index (κ1) is 34.9. The Balaban J connectivity index is 0.00000294. The molecule has 3 aliphatic rings. The third-order valence-corrected chi connectivity index (χ3v) is 8.27. The van der Waals surface area contributed by atoms with Crippen LogP contribution < -0.4 is 0 Å². The molecule has 1 aromatic rings. The highest BCUT2D eigenvalue weighted by atomic mass is 35.5. The fourth-order valence-corrected chi connectivity index (χ4v) is 6.19. The van der Waals surface area contributed by atoms with Crippen molar-refractivity contribution in [2.24, 2.45) is 0 Å². The van der Waals surface area contributed by atoms with Gasteiger partial charge in [-0.05, 0) is 69.6 Å². The quantitative estimate of drug-likeness (QED) is 0.349. The third kappa shape index (κ3) is 8.40. The van der Waals surface area contributed by atoms with Gasteiger partial charge in [-0.1, -0.05) is 25.0 Å². The molecule has 0 radical (unpaired) electrons. The lowest BCUT2D eigenvalue weighted by Gasteiger charge is -2.39. The van der Waals surface area contributed by atoms with E-state index in [1.807, 2.05) is 0 Å². The fraction of sp³-hybridized carbons (Fsp3) is 0.586. The predicted octanol–water partition coefficient (Wildman–Crippen LogP) is 6.01. The Morgan fingerprint density at radius 1 is 0.756 bits per heavy atom. The average molecular weight is 623 g/mol. The molecule has 0 aliphatic carbocycles. The van der Waals surface area contributed by atoms with Crippen LogP contribution in [0.25, 0.3) is 0 Å². The molecule has 3 aliphatic heterocycles. The number of alkyl halides is 3. The Kier molecular flexibility index (Phi) is 13.0. The first-order valence-electron chi connectivity index (χ1n) is 13.9. The second-order valence-electron chi connectivity index (χ2n) is 10.7. The van der Waals surface area contributed by atoms with Gasteiger partial charge in [0.1, 0.15) is 0 Å². The van der Waals surface area contributed by atoms with Crippen molar-refractivity contribution in [3.63, 3.8) is 0 Å². The maximum atomic E-state index is 13.3. The Bertz CT molecular complexity index is 1060. The Labute approximate surface area is 251 Å². The molecule has 7 nitrogen and oxygen atoms in total. The highest BCUT2D eigenvalue weighted by molar-refractivity contribution is 5.98. The highest BCUT2D eigenvalue weighted by Crippen LogP contribution is 2.44. The third-order valence-electron chi connectivity index (χ3n) is 8.27. The zero-order chi connectivity index (χ0) is 28.2. The van der Waals surface area contributed by atoms with E-state index in [1.165, 1.54) is 25.0 Å². The minimum atomic E-state index is -4.55. The second-order valence-corrected chi connectivity index (χ2v) is 10.7. The number of halogens is 5. The van der Waals surface area contributed by atoms with Crippen LogP contribution in [0.15, 0.2) is 46.8 Å². The molecule has 0 saturated carbocycles. The number of hydrogen-bond acceptors (Lipinski definition) is 5. The molecule has 0 bridgehead atoms. The zero-order valence-electron chi connectivity index (χ0n) is 23.3. The van der Waals surface area contributed by atoms with Crippen LogP contribution in [0.3, 0.4) is 0 Å². The molecule has 2 fully saturated rings. The Morgan fingerprint density at radius 3 is 1.49 bits per heavy atom. The van der Waals surface area contributed by atoms with Gasteiger partial charge in [0.15, 0.2) is 0 Å². The fourth-order valence-electron chi connectivity index (χ4n) is 6.19. The van der Waals surface area contributed by atoms with E-state index in [9.17, 15) is 33.0 Å². The first-order valence-corrected chi connectivity index (χ1v) is 13.9. The minimum absolute atomic E-state index is 0. The lowest BCUT2D eigenvalue weighted by molar-refractivity contribution is -0.138. The molecule has 0 atom stereocenters. The number of aliphatic carboxylic acids is 2. The van der Waals surface area contributed by atoms with Gasteiger partial charge in [-0.15, -0.1) is 24.8 Å². The van der Waals surface area contributed by atoms with Crippen molar-refractivity contribution >= 4 is 36.8 Å². The molecule has 3 heterocycles. The topological polar surface area (TPSA) is 84.3 Å². The van der Waals surface area contributed by atoms with Gasteiger partial charge in [0.25, 0.3) is 0 Å². The van der Waals surface area contributed by atoms with E-state index in [0.717, 1.165) is 64.0 Å². The number of hydrogen-bond donors (Lipinski definition) is 2.